The Morgan fingerprint density at radius 1 is 0.844 bits per heavy atom. The second-order valence-corrected chi connectivity index (χ2v) is 9.89. The van der Waals surface area contributed by atoms with Crippen molar-refractivity contribution in [3.05, 3.63) is 65.5 Å². The minimum atomic E-state index is -0.444. The Morgan fingerprint density at radius 3 is 1.91 bits per heavy atom. The van der Waals surface area contributed by atoms with Crippen molar-refractivity contribution >= 4 is 41.3 Å². The number of carbonyl (C=O) groups is 2. The Morgan fingerprint density at radius 2 is 1.40 bits per heavy atom. The molecule has 0 saturated heterocycles. The van der Waals surface area contributed by atoms with Crippen LogP contribution >= 0.6 is 23.2 Å². The molecule has 0 saturated carbocycles. The van der Waals surface area contributed by atoms with Gasteiger partial charge < -0.3 is 18.9 Å². The topological polar surface area (TPSA) is 169 Å². The molecule has 0 spiro atoms. The molecule has 1 N–H and O–H groups in total. The predicted octanol–water partition coefficient (Wildman–Crippen LogP) is 5.47. The number of esters is 2. The minimum absolute atomic E-state index is 0.0197. The Bertz CT molecular complexity index is 1570. The lowest BCUT2D eigenvalue weighted by Gasteiger charge is -2.03. The molecule has 4 heterocycles. The first-order valence-electron chi connectivity index (χ1n) is 13.4. The zero-order chi connectivity index (χ0) is 33.4. The zero-order valence-corrected chi connectivity index (χ0v) is 27.3. The van der Waals surface area contributed by atoms with E-state index in [1.54, 1.807) is 51.1 Å². The summed E-state index contributed by atoms with van der Waals surface area (Å²) in [7, 11) is 3.03. The fourth-order valence-corrected chi connectivity index (χ4v) is 3.46. The summed E-state index contributed by atoms with van der Waals surface area (Å²) < 4.78 is 21.2. The van der Waals surface area contributed by atoms with Crippen LogP contribution in [0.15, 0.2) is 55.1 Å². The molecule has 240 valence electrons. The van der Waals surface area contributed by atoms with Gasteiger partial charge >= 0.3 is 11.9 Å². The summed E-state index contributed by atoms with van der Waals surface area (Å²) in [6, 6.07) is 6.71. The second kappa shape index (κ2) is 18.8. The fraction of sp³-hybridized carbons (Fsp3) is 0.310. The molecule has 0 fully saturated rings. The molecule has 4 rings (SSSR count). The zero-order valence-electron chi connectivity index (χ0n) is 25.8. The molecule has 16 heteroatoms. The predicted molar refractivity (Wildman–Crippen MR) is 169 cm³/mol. The van der Waals surface area contributed by atoms with Gasteiger partial charge in [0, 0.05) is 41.6 Å². The maximum absolute atomic E-state index is 11.4. The number of nitrogens with zero attached hydrogens (tertiary/aromatic N) is 7. The first-order chi connectivity index (χ1) is 21.4. The molecule has 0 bridgehead atoms. The maximum Gasteiger partial charge on any atom is 0.332 e. The quantitative estimate of drug-likeness (QED) is 0.137. The summed E-state index contributed by atoms with van der Waals surface area (Å²) in [5, 5.41) is 11.3. The molecule has 4 aromatic heterocycles. The van der Waals surface area contributed by atoms with E-state index in [1.165, 1.54) is 49.9 Å². The van der Waals surface area contributed by atoms with Gasteiger partial charge in [0.15, 0.2) is 11.6 Å². The van der Waals surface area contributed by atoms with Crippen LogP contribution in [-0.4, -0.2) is 78.3 Å². The summed E-state index contributed by atoms with van der Waals surface area (Å²) in [6.45, 7) is 8.98. The SMILES string of the molecule is CC=CC(=O)OC(C)C.COc1cc(-c2ncn(/C=C\C(=O)OC(C)C)n2)cc(Cl)n1.COc1cc(-c2ncn[nH]2)cc(Cl)n1. The number of H-pyrrole nitrogens is 1. The lowest BCUT2D eigenvalue weighted by molar-refractivity contribution is -0.142. The smallest absolute Gasteiger partial charge is 0.332 e. The number of halogens is 2. The van der Waals surface area contributed by atoms with Gasteiger partial charge in [0.25, 0.3) is 0 Å². The summed E-state index contributed by atoms with van der Waals surface area (Å²) >= 11 is 11.7. The van der Waals surface area contributed by atoms with Gasteiger partial charge in [-0.3, -0.25) is 5.10 Å². The van der Waals surface area contributed by atoms with Crippen LogP contribution in [0.3, 0.4) is 0 Å². The number of hydrogen-bond acceptors (Lipinski definition) is 12. The van der Waals surface area contributed by atoms with E-state index in [4.69, 9.17) is 42.1 Å². The molecule has 4 aromatic rings. The first-order valence-corrected chi connectivity index (χ1v) is 14.1. The third-order valence-electron chi connectivity index (χ3n) is 4.78. The molecule has 0 amide bonds. The van der Waals surface area contributed by atoms with Gasteiger partial charge in [-0.2, -0.15) is 5.10 Å². The Hall–Kier alpha value is -4.82. The van der Waals surface area contributed by atoms with Gasteiger partial charge in [-0.1, -0.05) is 29.3 Å². The Labute approximate surface area is 270 Å². The third-order valence-corrected chi connectivity index (χ3v) is 5.17. The molecule has 0 radical (unpaired) electrons. The molecule has 0 atom stereocenters. The number of carbonyl (C=O) groups excluding carboxylic acids is 2. The third kappa shape index (κ3) is 13.6. The first kappa shape index (κ1) is 36.4. The van der Waals surface area contributed by atoms with E-state index in [1.807, 2.05) is 13.8 Å². The highest BCUT2D eigenvalue weighted by atomic mass is 35.5. The average molecular weight is 662 g/mol. The van der Waals surface area contributed by atoms with E-state index in [2.05, 4.69) is 35.2 Å². The molecule has 14 nitrogen and oxygen atoms in total. The van der Waals surface area contributed by atoms with Crippen molar-refractivity contribution in [1.29, 1.82) is 0 Å². The van der Waals surface area contributed by atoms with Crippen LogP contribution in [0.4, 0.5) is 0 Å². The number of aromatic nitrogens is 8. The van der Waals surface area contributed by atoms with Crippen molar-refractivity contribution in [3.63, 3.8) is 0 Å². The number of nitrogens with one attached hydrogen (secondary N) is 1. The van der Waals surface area contributed by atoms with Gasteiger partial charge in [-0.15, -0.1) is 5.10 Å². The normalized spacial score (nSPS) is 10.7. The molecule has 0 aromatic carbocycles. The number of methoxy groups -OCH3 is 2. The number of rotatable bonds is 9. The number of pyridine rings is 2. The van der Waals surface area contributed by atoms with Gasteiger partial charge in [0.1, 0.15) is 23.0 Å². The van der Waals surface area contributed by atoms with Crippen LogP contribution in [0.1, 0.15) is 34.6 Å². The lowest BCUT2D eigenvalue weighted by Crippen LogP contribution is -2.08. The van der Waals surface area contributed by atoms with Gasteiger partial charge in [-0.25, -0.2) is 34.2 Å². The average Bonchev–Trinajstić information content (AvgIpc) is 3.69. The monoisotopic (exact) mass is 660 g/mol. The standard InChI is InChI=1S/C14H15ClN4O3.C8H7ClN4O.C7H12O2/c1-9(2)22-13(20)4-5-19-8-16-14(18-19)10-6-11(15)17-12(7-10)21-3;1-14-7-3-5(2-6(9)12-7)8-10-4-11-13-8;1-4-5-7(8)9-6(2)3/h4-9H,1-3H3;2-4H,1H3,(H,10,11,13);4-6H,1-3H3/b5-4-;;. The number of ether oxygens (including phenoxy) is 4. The van der Waals surface area contributed by atoms with E-state index in [0.717, 1.165) is 5.56 Å². The van der Waals surface area contributed by atoms with Crippen molar-refractivity contribution in [3.8, 4) is 34.5 Å². The van der Waals surface area contributed by atoms with E-state index < -0.39 is 5.97 Å². The highest BCUT2D eigenvalue weighted by molar-refractivity contribution is 6.30. The van der Waals surface area contributed by atoms with Crippen molar-refractivity contribution in [2.45, 2.75) is 46.8 Å². The Balaban J connectivity index is 0.000000262. The fourth-order valence-electron chi connectivity index (χ4n) is 3.06. The summed E-state index contributed by atoms with van der Waals surface area (Å²) in [5.74, 6) is 1.17. The van der Waals surface area contributed by atoms with Gasteiger partial charge in [0.05, 0.1) is 26.4 Å². The highest BCUT2D eigenvalue weighted by Gasteiger charge is 2.09. The summed E-state index contributed by atoms with van der Waals surface area (Å²) in [4.78, 5) is 38.0. The Kier molecular flexibility index (Phi) is 15.2. The molecule has 0 aliphatic carbocycles. The molecule has 0 aliphatic heterocycles. The van der Waals surface area contributed by atoms with Crippen LogP contribution in [0, 0.1) is 0 Å². The molecule has 45 heavy (non-hydrogen) atoms. The maximum atomic E-state index is 11.4. The van der Waals surface area contributed by atoms with Gasteiger partial charge in [-0.05, 0) is 46.8 Å². The van der Waals surface area contributed by atoms with Crippen LogP contribution in [0.25, 0.3) is 29.0 Å². The van der Waals surface area contributed by atoms with E-state index in [0.29, 0.717) is 34.1 Å². The number of allylic oxidation sites excluding steroid dienone is 1. The highest BCUT2D eigenvalue weighted by Crippen LogP contribution is 2.23. The van der Waals surface area contributed by atoms with Crippen LogP contribution < -0.4 is 9.47 Å². The number of aromatic amines is 1. The van der Waals surface area contributed by atoms with E-state index in [9.17, 15) is 9.59 Å². The van der Waals surface area contributed by atoms with Crippen LogP contribution in [-0.2, 0) is 19.1 Å². The van der Waals surface area contributed by atoms with Gasteiger partial charge in [0.2, 0.25) is 11.8 Å². The van der Waals surface area contributed by atoms with Crippen molar-refractivity contribution < 1.29 is 28.5 Å². The van der Waals surface area contributed by atoms with E-state index >= 15 is 0 Å². The molecular weight excluding hydrogens is 627 g/mol. The number of hydrogen-bond donors (Lipinski definition) is 1. The largest absolute Gasteiger partial charge is 0.481 e. The minimum Gasteiger partial charge on any atom is -0.481 e. The molecule has 0 unspecified atom stereocenters. The van der Waals surface area contributed by atoms with Crippen molar-refractivity contribution in [2.75, 3.05) is 14.2 Å². The molecule has 0 aliphatic rings. The van der Waals surface area contributed by atoms with Crippen molar-refractivity contribution in [2.24, 2.45) is 0 Å². The van der Waals surface area contributed by atoms with Crippen molar-refractivity contribution in [1.82, 2.24) is 39.9 Å². The van der Waals surface area contributed by atoms with Crippen LogP contribution in [0.5, 0.6) is 11.8 Å². The van der Waals surface area contributed by atoms with E-state index in [-0.39, 0.29) is 23.3 Å². The lowest BCUT2D eigenvalue weighted by atomic mass is 10.2. The molecular formula is C29H34Cl2N8O6. The van der Waals surface area contributed by atoms with Crippen LogP contribution in [0.2, 0.25) is 10.3 Å². The second-order valence-electron chi connectivity index (χ2n) is 9.11. The summed E-state index contributed by atoms with van der Waals surface area (Å²) in [5.41, 5.74) is 1.45. The summed E-state index contributed by atoms with van der Waals surface area (Å²) in [6.07, 6.45) is 8.50.